The van der Waals surface area contributed by atoms with Gasteiger partial charge in [-0.15, -0.1) is 29.9 Å². The van der Waals surface area contributed by atoms with E-state index in [4.69, 9.17) is 11.5 Å². The smallest absolute Gasteiger partial charge is 0.211 e. The molecule has 0 bridgehead atoms. The summed E-state index contributed by atoms with van der Waals surface area (Å²) in [6.07, 6.45) is 3.49. The molecule has 1 heterocycles. The number of nitrogens with zero attached hydrogens (tertiary/aromatic N) is 3. The van der Waals surface area contributed by atoms with Crippen molar-refractivity contribution in [3.05, 3.63) is 63.4 Å². The predicted octanol–water partition coefficient (Wildman–Crippen LogP) is 3.70. The van der Waals surface area contributed by atoms with Gasteiger partial charge in [-0.2, -0.15) is 5.10 Å². The fourth-order valence-corrected chi connectivity index (χ4v) is 3.65. The number of hydrogen-bond acceptors (Lipinski definition) is 3. The molecule has 2 aromatic rings. The number of aromatic nitrogens is 1. The molecule has 0 saturated carbocycles. The van der Waals surface area contributed by atoms with Crippen molar-refractivity contribution in [1.29, 1.82) is 0 Å². The topological polar surface area (TPSA) is 89.6 Å². The van der Waals surface area contributed by atoms with Crippen molar-refractivity contribution in [2.24, 2.45) is 21.7 Å². The van der Waals surface area contributed by atoms with E-state index in [1.165, 1.54) is 5.56 Å². The van der Waals surface area contributed by atoms with Gasteiger partial charge in [0.05, 0.1) is 11.4 Å². The molecule has 1 unspecified atom stereocenters. The molecule has 8 heteroatoms. The summed E-state index contributed by atoms with van der Waals surface area (Å²) in [5.41, 5.74) is 16.3. The minimum atomic E-state index is -0.0383. The van der Waals surface area contributed by atoms with E-state index in [9.17, 15) is 0 Å². The van der Waals surface area contributed by atoms with Crippen LogP contribution in [0.5, 0.6) is 0 Å². The van der Waals surface area contributed by atoms with E-state index in [1.54, 1.807) is 0 Å². The zero-order valence-corrected chi connectivity index (χ0v) is 16.9. The van der Waals surface area contributed by atoms with E-state index in [0.29, 0.717) is 5.92 Å². The summed E-state index contributed by atoms with van der Waals surface area (Å²) >= 11 is 3.64. The van der Waals surface area contributed by atoms with Crippen molar-refractivity contribution in [1.82, 2.24) is 4.98 Å². The number of halogens is 3. The molecule has 0 fully saturated rings. The van der Waals surface area contributed by atoms with Crippen LogP contribution in [0.3, 0.4) is 0 Å². The van der Waals surface area contributed by atoms with Crippen LogP contribution >= 0.6 is 40.7 Å². The van der Waals surface area contributed by atoms with Crippen LogP contribution in [-0.4, -0.2) is 16.7 Å². The van der Waals surface area contributed by atoms with Crippen LogP contribution in [0.25, 0.3) is 0 Å². The molecule has 134 valence electrons. The Morgan fingerprint density at radius 2 is 1.88 bits per heavy atom. The Morgan fingerprint density at radius 3 is 2.56 bits per heavy atom. The van der Waals surface area contributed by atoms with Gasteiger partial charge in [0.25, 0.3) is 0 Å². The molecule has 25 heavy (non-hydrogen) atoms. The molecule has 0 spiro atoms. The first-order valence-electron chi connectivity index (χ1n) is 7.41. The lowest BCUT2D eigenvalue weighted by Gasteiger charge is -2.27. The maximum absolute atomic E-state index is 5.44. The fraction of sp³-hybridized carbons (Fsp3) is 0.235. The standard InChI is InChI=1S/C17H18BrN5.2ClH/c1-10-6-7-21-14-8-11(12-4-2-3-5-13(12)18)9-15(16(10)14)22-23-17(19)20;;/h2-7,11H,8-9H2,1H3,(H4,19,20,23);2*1H/b22-15+;;. The molecule has 4 N–H and O–H groups in total. The molecule has 5 nitrogen and oxygen atoms in total. The third kappa shape index (κ3) is 4.71. The average molecular weight is 445 g/mol. The number of benzene rings is 1. The molecule has 0 amide bonds. The van der Waals surface area contributed by atoms with Crippen LogP contribution in [0, 0.1) is 6.92 Å². The highest BCUT2D eigenvalue weighted by Crippen LogP contribution is 2.36. The van der Waals surface area contributed by atoms with Gasteiger partial charge in [0.2, 0.25) is 5.96 Å². The predicted molar refractivity (Wildman–Crippen MR) is 111 cm³/mol. The van der Waals surface area contributed by atoms with E-state index < -0.39 is 0 Å². The van der Waals surface area contributed by atoms with Crippen molar-refractivity contribution >= 4 is 52.4 Å². The van der Waals surface area contributed by atoms with Crippen LogP contribution < -0.4 is 11.5 Å². The molecule has 1 aromatic heterocycles. The molecule has 0 saturated heterocycles. The lowest BCUT2D eigenvalue weighted by Crippen LogP contribution is -2.24. The van der Waals surface area contributed by atoms with Gasteiger partial charge < -0.3 is 11.5 Å². The maximum Gasteiger partial charge on any atom is 0.211 e. The van der Waals surface area contributed by atoms with Crippen molar-refractivity contribution in [2.75, 3.05) is 0 Å². The van der Waals surface area contributed by atoms with Gasteiger partial charge in [0, 0.05) is 16.2 Å². The second kappa shape index (κ2) is 9.17. The molecule has 0 aliphatic heterocycles. The quantitative estimate of drug-likeness (QED) is 0.420. The Balaban J connectivity index is 0.00000156. The average Bonchev–Trinajstić information content (AvgIpc) is 2.53. The minimum absolute atomic E-state index is 0. The van der Waals surface area contributed by atoms with E-state index >= 15 is 0 Å². The zero-order chi connectivity index (χ0) is 16.4. The zero-order valence-electron chi connectivity index (χ0n) is 13.6. The summed E-state index contributed by atoms with van der Waals surface area (Å²) < 4.78 is 1.10. The lowest BCUT2D eigenvalue weighted by atomic mass is 9.80. The van der Waals surface area contributed by atoms with Gasteiger partial charge in [0.1, 0.15) is 0 Å². The molecular formula is C17H20BrCl2N5. The molecule has 1 aromatic carbocycles. The Kier molecular flexibility index (Phi) is 7.86. The monoisotopic (exact) mass is 443 g/mol. The number of nitrogens with two attached hydrogens (primary N) is 2. The van der Waals surface area contributed by atoms with Crippen LogP contribution in [-0.2, 0) is 6.42 Å². The molecule has 1 atom stereocenters. The molecule has 3 rings (SSSR count). The first-order valence-corrected chi connectivity index (χ1v) is 8.20. The molecule has 0 radical (unpaired) electrons. The highest BCUT2D eigenvalue weighted by Gasteiger charge is 2.28. The first-order chi connectivity index (χ1) is 11.1. The summed E-state index contributed by atoms with van der Waals surface area (Å²) in [5.74, 6) is 0.254. The van der Waals surface area contributed by atoms with Crippen molar-refractivity contribution in [3.8, 4) is 0 Å². The number of guanidine groups is 1. The Bertz CT molecular complexity index is 803. The normalized spacial score (nSPS) is 17.0. The van der Waals surface area contributed by atoms with Gasteiger partial charge in [-0.3, -0.25) is 4.98 Å². The SMILES string of the molecule is Cc1ccnc2c1/C(=N/N=C(N)N)CC(c1ccccc1Br)C2.Cl.Cl. The third-order valence-electron chi connectivity index (χ3n) is 4.04. The molecular weight excluding hydrogens is 425 g/mol. The van der Waals surface area contributed by atoms with Crippen LogP contribution in [0.2, 0.25) is 0 Å². The van der Waals surface area contributed by atoms with Gasteiger partial charge >= 0.3 is 0 Å². The van der Waals surface area contributed by atoms with Gasteiger partial charge in [0.15, 0.2) is 0 Å². The van der Waals surface area contributed by atoms with E-state index in [2.05, 4.69) is 50.2 Å². The van der Waals surface area contributed by atoms with E-state index in [-0.39, 0.29) is 30.8 Å². The van der Waals surface area contributed by atoms with Crippen LogP contribution in [0.1, 0.15) is 34.7 Å². The third-order valence-corrected chi connectivity index (χ3v) is 4.76. The summed E-state index contributed by atoms with van der Waals surface area (Å²) in [7, 11) is 0. The van der Waals surface area contributed by atoms with Crippen molar-refractivity contribution in [2.45, 2.75) is 25.7 Å². The number of rotatable bonds is 2. The Morgan fingerprint density at radius 1 is 1.16 bits per heavy atom. The van der Waals surface area contributed by atoms with Crippen LogP contribution in [0.15, 0.2) is 51.2 Å². The summed E-state index contributed by atoms with van der Waals surface area (Å²) in [5, 5.41) is 8.15. The maximum atomic E-state index is 5.44. The van der Waals surface area contributed by atoms with Crippen LogP contribution in [0.4, 0.5) is 0 Å². The minimum Gasteiger partial charge on any atom is -0.369 e. The second-order valence-corrected chi connectivity index (χ2v) is 6.50. The highest BCUT2D eigenvalue weighted by atomic mass is 79.9. The van der Waals surface area contributed by atoms with Crippen molar-refractivity contribution < 1.29 is 0 Å². The molecule has 1 aliphatic carbocycles. The largest absolute Gasteiger partial charge is 0.369 e. The summed E-state index contributed by atoms with van der Waals surface area (Å²) in [4.78, 5) is 4.56. The Hall–Kier alpha value is -1.63. The Labute approximate surface area is 168 Å². The lowest BCUT2D eigenvalue weighted by molar-refractivity contribution is 0.674. The summed E-state index contributed by atoms with van der Waals surface area (Å²) in [6, 6.07) is 10.2. The number of pyridine rings is 1. The summed E-state index contributed by atoms with van der Waals surface area (Å²) in [6.45, 7) is 2.06. The van der Waals surface area contributed by atoms with Gasteiger partial charge in [-0.05, 0) is 48.9 Å². The number of aryl methyl sites for hydroxylation is 1. The van der Waals surface area contributed by atoms with E-state index in [1.807, 2.05) is 24.4 Å². The number of hydrogen-bond donors (Lipinski definition) is 2. The first kappa shape index (κ1) is 21.4. The fourth-order valence-electron chi connectivity index (χ4n) is 3.04. The highest BCUT2D eigenvalue weighted by molar-refractivity contribution is 9.10. The van der Waals surface area contributed by atoms with Crippen molar-refractivity contribution in [3.63, 3.8) is 0 Å². The van der Waals surface area contributed by atoms with E-state index in [0.717, 1.165) is 39.8 Å². The van der Waals surface area contributed by atoms with Gasteiger partial charge in [-0.1, -0.05) is 34.1 Å². The number of fused-ring (bicyclic) bond motifs is 1. The van der Waals surface area contributed by atoms with Gasteiger partial charge in [-0.25, -0.2) is 0 Å². The molecule has 1 aliphatic rings. The second-order valence-electron chi connectivity index (χ2n) is 5.65.